The summed E-state index contributed by atoms with van der Waals surface area (Å²) in [6.45, 7) is 4.82. The number of aromatic nitrogens is 1. The van der Waals surface area contributed by atoms with Crippen LogP contribution in [0.15, 0.2) is 6.07 Å². The summed E-state index contributed by atoms with van der Waals surface area (Å²) in [6, 6.07) is 1.77. The van der Waals surface area contributed by atoms with E-state index < -0.39 is 0 Å². The van der Waals surface area contributed by atoms with Crippen LogP contribution in [0, 0.1) is 13.8 Å². The fraction of sp³-hybridized carbons (Fsp3) is 0.538. The zero-order valence-corrected chi connectivity index (χ0v) is 12.2. The highest BCUT2D eigenvalue weighted by molar-refractivity contribution is 6.30. The van der Waals surface area contributed by atoms with Crippen LogP contribution in [-0.2, 0) is 16.1 Å². The summed E-state index contributed by atoms with van der Waals surface area (Å²) in [5.41, 5.74) is 2.22. The van der Waals surface area contributed by atoms with E-state index in [0.717, 1.165) is 11.4 Å². The fourth-order valence-corrected chi connectivity index (χ4v) is 2.03. The molecule has 0 unspecified atom stereocenters. The van der Waals surface area contributed by atoms with Crippen LogP contribution in [0.25, 0.3) is 0 Å². The first-order valence-electron chi connectivity index (χ1n) is 6.02. The predicted molar refractivity (Wildman–Crippen MR) is 73.8 cm³/mol. The molecule has 1 heterocycles. The van der Waals surface area contributed by atoms with Crippen molar-refractivity contribution in [2.45, 2.75) is 20.4 Å². The van der Waals surface area contributed by atoms with Gasteiger partial charge in [-0.05, 0) is 19.9 Å². The number of aryl methyl sites for hydroxylation is 1. The van der Waals surface area contributed by atoms with E-state index in [9.17, 15) is 9.59 Å². The van der Waals surface area contributed by atoms with E-state index in [-0.39, 0.29) is 24.1 Å². The number of halogens is 1. The molecular formula is C13H19ClN2O3. The van der Waals surface area contributed by atoms with Crippen molar-refractivity contribution in [3.05, 3.63) is 23.0 Å². The molecule has 1 rings (SSSR count). The number of nitrogens with zero attached hydrogens (tertiary/aromatic N) is 1. The lowest BCUT2D eigenvalue weighted by Gasteiger charge is -2.10. The number of ether oxygens (including phenoxy) is 1. The van der Waals surface area contributed by atoms with Crippen molar-refractivity contribution in [1.82, 2.24) is 9.88 Å². The van der Waals surface area contributed by atoms with Crippen LogP contribution in [0.2, 0.25) is 0 Å². The molecule has 0 aliphatic heterocycles. The van der Waals surface area contributed by atoms with Gasteiger partial charge in [-0.1, -0.05) is 0 Å². The first-order valence-corrected chi connectivity index (χ1v) is 6.56. The van der Waals surface area contributed by atoms with Crippen molar-refractivity contribution < 1.29 is 14.3 Å². The Labute approximate surface area is 117 Å². The van der Waals surface area contributed by atoms with Crippen molar-refractivity contribution in [3.8, 4) is 0 Å². The van der Waals surface area contributed by atoms with E-state index >= 15 is 0 Å². The normalized spacial score (nSPS) is 10.5. The molecule has 1 aromatic rings. The van der Waals surface area contributed by atoms with Gasteiger partial charge >= 0.3 is 0 Å². The lowest BCUT2D eigenvalue weighted by atomic mass is 10.2. The lowest BCUT2D eigenvalue weighted by Crippen LogP contribution is -2.30. The maximum atomic E-state index is 11.7. The highest BCUT2D eigenvalue weighted by atomic mass is 35.5. The number of ketones is 1. The van der Waals surface area contributed by atoms with Crippen molar-refractivity contribution in [3.63, 3.8) is 0 Å². The molecule has 1 amide bonds. The zero-order chi connectivity index (χ0) is 14.4. The van der Waals surface area contributed by atoms with Gasteiger partial charge in [0.1, 0.15) is 6.54 Å². The maximum Gasteiger partial charge on any atom is 0.240 e. The van der Waals surface area contributed by atoms with Crippen LogP contribution < -0.4 is 5.32 Å². The standard InChI is InChI=1S/C13H19ClN2O3/c1-9-6-11(12(17)7-14)10(2)16(9)8-13(18)15-4-5-19-3/h6H,4-5,7-8H2,1-3H3,(H,15,18). The third-order valence-corrected chi connectivity index (χ3v) is 3.17. The van der Waals surface area contributed by atoms with E-state index in [0.29, 0.717) is 18.7 Å². The molecule has 0 aliphatic carbocycles. The molecule has 0 radical (unpaired) electrons. The van der Waals surface area contributed by atoms with Gasteiger partial charge in [-0.2, -0.15) is 0 Å². The molecule has 0 atom stereocenters. The molecule has 0 fully saturated rings. The lowest BCUT2D eigenvalue weighted by molar-refractivity contribution is -0.121. The number of hydrogen-bond donors (Lipinski definition) is 1. The SMILES string of the molecule is COCCNC(=O)Cn1c(C)cc(C(=O)CCl)c1C. The van der Waals surface area contributed by atoms with Crippen LogP contribution in [0.4, 0.5) is 0 Å². The number of carbonyl (C=O) groups excluding carboxylic acids is 2. The van der Waals surface area contributed by atoms with Crippen molar-refractivity contribution >= 4 is 23.3 Å². The predicted octanol–water partition coefficient (Wildman–Crippen LogP) is 1.29. The van der Waals surface area contributed by atoms with Crippen LogP contribution in [0.1, 0.15) is 21.7 Å². The highest BCUT2D eigenvalue weighted by Gasteiger charge is 2.16. The van der Waals surface area contributed by atoms with E-state index in [1.807, 2.05) is 18.4 Å². The number of alkyl halides is 1. The Morgan fingerprint density at radius 3 is 2.68 bits per heavy atom. The third-order valence-electron chi connectivity index (χ3n) is 2.93. The molecule has 0 aliphatic rings. The summed E-state index contributed by atoms with van der Waals surface area (Å²) in [5.74, 6) is -0.283. The molecule has 0 saturated carbocycles. The summed E-state index contributed by atoms with van der Waals surface area (Å²) in [7, 11) is 1.58. The van der Waals surface area contributed by atoms with Gasteiger partial charge in [-0.3, -0.25) is 9.59 Å². The Morgan fingerprint density at radius 2 is 2.11 bits per heavy atom. The van der Waals surface area contributed by atoms with Crippen molar-refractivity contribution in [2.24, 2.45) is 0 Å². The van der Waals surface area contributed by atoms with E-state index in [1.54, 1.807) is 13.2 Å². The number of Topliss-reactive ketones (excluding diaryl/α,β-unsaturated/α-hetero) is 1. The molecule has 1 aromatic heterocycles. The molecule has 0 aromatic carbocycles. The Kier molecular flexibility index (Phi) is 6.05. The van der Waals surface area contributed by atoms with Gasteiger partial charge in [0.05, 0.1) is 12.5 Å². The quantitative estimate of drug-likeness (QED) is 0.467. The van der Waals surface area contributed by atoms with Gasteiger partial charge in [0.15, 0.2) is 5.78 Å². The van der Waals surface area contributed by atoms with Crippen LogP contribution in [0.3, 0.4) is 0 Å². The Balaban J connectivity index is 2.76. The topological polar surface area (TPSA) is 60.3 Å². The molecule has 106 valence electrons. The Bertz CT molecular complexity index is 469. The van der Waals surface area contributed by atoms with Crippen molar-refractivity contribution in [1.29, 1.82) is 0 Å². The number of nitrogens with one attached hydrogen (secondary N) is 1. The molecule has 1 N–H and O–H groups in total. The van der Waals surface area contributed by atoms with Gasteiger partial charge in [0, 0.05) is 30.6 Å². The molecule has 19 heavy (non-hydrogen) atoms. The number of amides is 1. The van der Waals surface area contributed by atoms with Crippen LogP contribution in [-0.4, -0.2) is 42.4 Å². The summed E-state index contributed by atoms with van der Waals surface area (Å²) >= 11 is 5.56. The second-order valence-electron chi connectivity index (χ2n) is 4.27. The Hall–Kier alpha value is -1.33. The summed E-state index contributed by atoms with van der Waals surface area (Å²) in [4.78, 5) is 23.4. The van der Waals surface area contributed by atoms with E-state index in [4.69, 9.17) is 16.3 Å². The smallest absolute Gasteiger partial charge is 0.240 e. The first kappa shape index (κ1) is 15.7. The second-order valence-corrected chi connectivity index (χ2v) is 4.54. The number of carbonyl (C=O) groups is 2. The van der Waals surface area contributed by atoms with Gasteiger partial charge in [0.2, 0.25) is 5.91 Å². The summed E-state index contributed by atoms with van der Waals surface area (Å²) < 4.78 is 6.67. The number of rotatable bonds is 7. The van der Waals surface area contributed by atoms with Crippen LogP contribution >= 0.6 is 11.6 Å². The molecule has 0 spiro atoms. The second kappa shape index (κ2) is 7.31. The number of methoxy groups -OCH3 is 1. The van der Waals surface area contributed by atoms with E-state index in [2.05, 4.69) is 5.32 Å². The minimum atomic E-state index is -0.124. The molecule has 0 saturated heterocycles. The molecular weight excluding hydrogens is 268 g/mol. The summed E-state index contributed by atoms with van der Waals surface area (Å²) in [5, 5.41) is 2.74. The van der Waals surface area contributed by atoms with Crippen molar-refractivity contribution in [2.75, 3.05) is 26.1 Å². The average molecular weight is 287 g/mol. The monoisotopic (exact) mass is 286 g/mol. The Morgan fingerprint density at radius 1 is 1.42 bits per heavy atom. The van der Waals surface area contributed by atoms with E-state index in [1.165, 1.54) is 0 Å². The molecule has 0 bridgehead atoms. The molecule has 5 nitrogen and oxygen atoms in total. The van der Waals surface area contributed by atoms with Crippen LogP contribution in [0.5, 0.6) is 0 Å². The zero-order valence-electron chi connectivity index (χ0n) is 11.5. The summed E-state index contributed by atoms with van der Waals surface area (Å²) in [6.07, 6.45) is 0. The van der Waals surface area contributed by atoms with Gasteiger partial charge in [-0.15, -0.1) is 11.6 Å². The highest BCUT2D eigenvalue weighted by Crippen LogP contribution is 2.16. The average Bonchev–Trinajstić information content (AvgIpc) is 2.66. The fourth-order valence-electron chi connectivity index (χ4n) is 1.89. The maximum absolute atomic E-state index is 11.7. The van der Waals surface area contributed by atoms with Gasteiger partial charge in [0.25, 0.3) is 0 Å². The van der Waals surface area contributed by atoms with Gasteiger partial charge in [-0.25, -0.2) is 0 Å². The number of hydrogen-bond acceptors (Lipinski definition) is 3. The first-order chi connectivity index (χ1) is 9.01. The molecule has 6 heteroatoms. The van der Waals surface area contributed by atoms with Gasteiger partial charge < -0.3 is 14.6 Å². The third kappa shape index (κ3) is 4.08. The largest absolute Gasteiger partial charge is 0.383 e. The minimum absolute atomic E-state index is 0.0513. The minimum Gasteiger partial charge on any atom is -0.383 e.